The second-order valence-electron chi connectivity index (χ2n) is 9.10. The van der Waals surface area contributed by atoms with Crippen LogP contribution in [0.3, 0.4) is 0 Å². The lowest BCUT2D eigenvalue weighted by Crippen LogP contribution is -2.31. The van der Waals surface area contributed by atoms with Gasteiger partial charge in [-0.25, -0.2) is 32.8 Å². The Labute approximate surface area is 224 Å². The van der Waals surface area contributed by atoms with Crippen LogP contribution in [0.4, 0.5) is 24.7 Å². The number of rotatable bonds is 7. The molecular weight excluding hydrogens is 527 g/mol. The molecule has 3 N–H and O–H groups in total. The van der Waals surface area contributed by atoms with Crippen molar-refractivity contribution >= 4 is 28.4 Å². The Kier molecular flexibility index (Phi) is 6.98. The zero-order valence-corrected chi connectivity index (χ0v) is 21.2. The van der Waals surface area contributed by atoms with Gasteiger partial charge in [-0.15, -0.1) is 0 Å². The molecule has 0 aliphatic heterocycles. The number of carbonyl (C=O) groups is 1. The fraction of sp³-hybridized carbons (Fsp3) is 0.192. The molecule has 0 saturated heterocycles. The number of nitrogens with one attached hydrogen (secondary N) is 1. The van der Waals surface area contributed by atoms with E-state index in [0.717, 1.165) is 21.6 Å². The molecule has 0 saturated carbocycles. The third-order valence-corrected chi connectivity index (χ3v) is 5.98. The van der Waals surface area contributed by atoms with Crippen molar-refractivity contribution in [3.05, 3.63) is 82.4 Å². The summed E-state index contributed by atoms with van der Waals surface area (Å²) in [5.74, 6) is -1.25. The number of fused-ring (bicyclic) bond motifs is 1. The summed E-state index contributed by atoms with van der Waals surface area (Å²) in [6, 6.07) is 10.2. The molecule has 0 radical (unpaired) electrons. The number of benzene rings is 1. The predicted octanol–water partition coefficient (Wildman–Crippen LogP) is 3.80. The highest BCUT2D eigenvalue weighted by Crippen LogP contribution is 2.31. The third kappa shape index (κ3) is 5.10. The summed E-state index contributed by atoms with van der Waals surface area (Å²) in [4.78, 5) is 38.2. The van der Waals surface area contributed by atoms with Crippen LogP contribution in [0.15, 0.2) is 59.8 Å². The summed E-state index contributed by atoms with van der Waals surface area (Å²) in [7, 11) is 0. The van der Waals surface area contributed by atoms with E-state index in [0.29, 0.717) is 28.0 Å². The van der Waals surface area contributed by atoms with Crippen molar-refractivity contribution in [3.63, 3.8) is 0 Å². The Morgan fingerprint density at radius 1 is 1.05 bits per heavy atom. The summed E-state index contributed by atoms with van der Waals surface area (Å²) in [6.07, 6.45) is -0.530. The SMILES string of the molecule is CC(C)c1cc(C(=O)Nc2ccc(-c3nn(CC(F)F)c4ncnc(N)c34)cc2)c(=O)n(-c2ccc(F)cn2)n1. The molecule has 4 heterocycles. The average Bonchev–Trinajstić information content (AvgIpc) is 3.28. The summed E-state index contributed by atoms with van der Waals surface area (Å²) >= 11 is 0. The topological polar surface area (TPSA) is 146 Å². The highest BCUT2D eigenvalue weighted by molar-refractivity contribution is 6.04. The van der Waals surface area contributed by atoms with E-state index >= 15 is 0 Å². The Morgan fingerprint density at radius 3 is 2.45 bits per heavy atom. The van der Waals surface area contributed by atoms with Gasteiger partial charge < -0.3 is 11.1 Å². The highest BCUT2D eigenvalue weighted by Gasteiger charge is 2.21. The number of aromatic nitrogens is 7. The van der Waals surface area contributed by atoms with Crippen LogP contribution in [0.25, 0.3) is 28.1 Å². The van der Waals surface area contributed by atoms with E-state index < -0.39 is 30.3 Å². The van der Waals surface area contributed by atoms with Gasteiger partial charge in [-0.2, -0.15) is 14.9 Å². The zero-order chi connectivity index (χ0) is 28.6. The van der Waals surface area contributed by atoms with E-state index in [9.17, 15) is 22.8 Å². The normalized spacial score (nSPS) is 11.5. The Bertz CT molecular complexity index is 1770. The molecule has 0 fully saturated rings. The molecule has 4 aromatic heterocycles. The maximum Gasteiger partial charge on any atom is 0.285 e. The molecule has 204 valence electrons. The van der Waals surface area contributed by atoms with E-state index in [1.807, 2.05) is 13.8 Å². The maximum absolute atomic E-state index is 13.4. The quantitative estimate of drug-likeness (QED) is 0.312. The van der Waals surface area contributed by atoms with Gasteiger partial charge in [0.15, 0.2) is 11.5 Å². The van der Waals surface area contributed by atoms with Crippen LogP contribution < -0.4 is 16.6 Å². The van der Waals surface area contributed by atoms with E-state index in [4.69, 9.17) is 5.73 Å². The number of nitrogens with zero attached hydrogens (tertiary/aromatic N) is 7. The van der Waals surface area contributed by atoms with Crippen molar-refractivity contribution in [2.75, 3.05) is 11.1 Å². The van der Waals surface area contributed by atoms with E-state index in [-0.39, 0.29) is 28.8 Å². The number of halogens is 3. The molecule has 1 aromatic carbocycles. The van der Waals surface area contributed by atoms with Crippen molar-refractivity contribution in [1.29, 1.82) is 0 Å². The molecule has 1 amide bonds. The van der Waals surface area contributed by atoms with E-state index in [2.05, 4.69) is 30.5 Å². The molecular formula is C26H22F3N9O2. The molecule has 14 heteroatoms. The van der Waals surface area contributed by atoms with Crippen LogP contribution >= 0.6 is 0 Å². The number of hydrogen-bond donors (Lipinski definition) is 2. The molecule has 11 nitrogen and oxygen atoms in total. The summed E-state index contributed by atoms with van der Waals surface area (Å²) < 4.78 is 41.6. The number of amides is 1. The first-order valence-corrected chi connectivity index (χ1v) is 12.1. The fourth-order valence-corrected chi connectivity index (χ4v) is 4.01. The smallest absolute Gasteiger partial charge is 0.285 e. The first kappa shape index (κ1) is 26.5. The number of pyridine rings is 1. The number of carbonyl (C=O) groups excluding carboxylic acids is 1. The number of nitrogens with two attached hydrogens (primary N) is 1. The number of alkyl halides is 2. The molecule has 40 heavy (non-hydrogen) atoms. The van der Waals surface area contributed by atoms with Crippen molar-refractivity contribution in [2.24, 2.45) is 0 Å². The van der Waals surface area contributed by atoms with Gasteiger partial charge in [-0.1, -0.05) is 26.0 Å². The Morgan fingerprint density at radius 2 is 1.80 bits per heavy atom. The minimum atomic E-state index is -2.66. The lowest BCUT2D eigenvalue weighted by atomic mass is 10.1. The second-order valence-corrected chi connectivity index (χ2v) is 9.10. The van der Waals surface area contributed by atoms with Gasteiger partial charge >= 0.3 is 0 Å². The molecule has 0 unspecified atom stereocenters. The van der Waals surface area contributed by atoms with E-state index in [1.54, 1.807) is 24.3 Å². The van der Waals surface area contributed by atoms with Crippen LogP contribution in [0.1, 0.15) is 35.8 Å². The Balaban J connectivity index is 1.47. The monoisotopic (exact) mass is 549 g/mol. The molecule has 0 atom stereocenters. The van der Waals surface area contributed by atoms with Crippen molar-refractivity contribution in [3.8, 4) is 17.1 Å². The summed E-state index contributed by atoms with van der Waals surface area (Å²) in [5, 5.41) is 11.6. The van der Waals surface area contributed by atoms with Crippen LogP contribution in [0.5, 0.6) is 0 Å². The number of nitrogen functional groups attached to an aromatic ring is 1. The highest BCUT2D eigenvalue weighted by atomic mass is 19.3. The first-order chi connectivity index (χ1) is 19.1. The lowest BCUT2D eigenvalue weighted by Gasteiger charge is -2.12. The van der Waals surface area contributed by atoms with Gasteiger partial charge in [0.2, 0.25) is 0 Å². The molecule has 0 bridgehead atoms. The average molecular weight is 550 g/mol. The Hall–Kier alpha value is -5.14. The second kappa shape index (κ2) is 10.6. The van der Waals surface area contributed by atoms with Gasteiger partial charge in [0.25, 0.3) is 17.9 Å². The molecule has 5 aromatic rings. The standard InChI is InChI=1S/C26H22F3N9O2/c1-13(2)18-9-17(26(40)38(35-18)20-8-5-15(27)10-31-20)25(39)34-16-6-3-14(4-7-16)22-21-23(30)32-12-33-24(21)37(36-22)11-19(28)29/h3-10,12-13,19H,11H2,1-2H3,(H,34,39)(H2,30,32,33). The third-order valence-electron chi connectivity index (χ3n) is 5.98. The summed E-state index contributed by atoms with van der Waals surface area (Å²) in [5.41, 5.74) is 6.88. The van der Waals surface area contributed by atoms with E-state index in [1.165, 1.54) is 18.5 Å². The molecule has 0 spiro atoms. The van der Waals surface area contributed by atoms with Gasteiger partial charge in [0, 0.05) is 11.3 Å². The lowest BCUT2D eigenvalue weighted by molar-refractivity contribution is 0.102. The largest absolute Gasteiger partial charge is 0.383 e. The van der Waals surface area contributed by atoms with Crippen molar-refractivity contribution in [1.82, 2.24) is 34.5 Å². The van der Waals surface area contributed by atoms with Gasteiger partial charge in [0.1, 0.15) is 35.8 Å². The van der Waals surface area contributed by atoms with Crippen LogP contribution in [0.2, 0.25) is 0 Å². The van der Waals surface area contributed by atoms with Crippen molar-refractivity contribution < 1.29 is 18.0 Å². The van der Waals surface area contributed by atoms with Crippen molar-refractivity contribution in [2.45, 2.75) is 32.7 Å². The number of anilines is 2. The van der Waals surface area contributed by atoms with Gasteiger partial charge in [-0.3, -0.25) is 9.59 Å². The molecule has 0 aliphatic rings. The number of hydrogen-bond acceptors (Lipinski definition) is 8. The first-order valence-electron chi connectivity index (χ1n) is 12.1. The van der Waals surface area contributed by atoms with Crippen LogP contribution in [0, 0.1) is 5.82 Å². The zero-order valence-electron chi connectivity index (χ0n) is 21.2. The predicted molar refractivity (Wildman–Crippen MR) is 141 cm³/mol. The van der Waals surface area contributed by atoms with Crippen LogP contribution in [-0.4, -0.2) is 46.8 Å². The molecule has 0 aliphatic carbocycles. The minimum Gasteiger partial charge on any atom is -0.383 e. The van der Waals surface area contributed by atoms with Crippen LogP contribution in [-0.2, 0) is 6.54 Å². The van der Waals surface area contributed by atoms with Gasteiger partial charge in [-0.05, 0) is 36.2 Å². The summed E-state index contributed by atoms with van der Waals surface area (Å²) in [6.45, 7) is 3.02. The fourth-order valence-electron chi connectivity index (χ4n) is 4.01. The molecule has 5 rings (SSSR count). The van der Waals surface area contributed by atoms with Gasteiger partial charge in [0.05, 0.1) is 17.3 Å². The maximum atomic E-state index is 13.4. The minimum absolute atomic E-state index is 0.0639.